The van der Waals surface area contributed by atoms with E-state index in [4.69, 9.17) is 9.15 Å². The molecule has 0 aromatic carbocycles. The van der Waals surface area contributed by atoms with E-state index in [0.717, 1.165) is 39.0 Å². The summed E-state index contributed by atoms with van der Waals surface area (Å²) < 4.78 is 10.4. The summed E-state index contributed by atoms with van der Waals surface area (Å²) >= 11 is 0. The lowest BCUT2D eigenvalue weighted by Gasteiger charge is -2.41. The van der Waals surface area contributed by atoms with Crippen LogP contribution >= 0.6 is 0 Å². The summed E-state index contributed by atoms with van der Waals surface area (Å²) in [6, 6.07) is 2.01. The molecule has 2 saturated heterocycles. The molecule has 1 unspecified atom stereocenters. The van der Waals surface area contributed by atoms with Crippen molar-refractivity contribution >= 4 is 5.91 Å². The number of furan rings is 1. The van der Waals surface area contributed by atoms with Gasteiger partial charge in [-0.3, -0.25) is 9.69 Å². The molecule has 1 aromatic heterocycles. The van der Waals surface area contributed by atoms with Gasteiger partial charge in [-0.1, -0.05) is 0 Å². The van der Waals surface area contributed by atoms with Crippen LogP contribution in [0.4, 0.5) is 0 Å². The van der Waals surface area contributed by atoms with Gasteiger partial charge < -0.3 is 14.5 Å². The number of piperidine rings is 1. The van der Waals surface area contributed by atoms with Crippen LogP contribution < -0.4 is 5.32 Å². The Hall–Kier alpha value is -1.33. The van der Waals surface area contributed by atoms with Crippen molar-refractivity contribution in [2.24, 2.45) is 11.3 Å². The number of nitrogens with one attached hydrogen (secondary N) is 1. The number of ether oxygens (including phenoxy) is 1. The molecule has 3 heterocycles. The number of nitrogens with zero attached hydrogens (tertiary/aromatic N) is 1. The molecule has 0 radical (unpaired) electrons. The third-order valence-corrected chi connectivity index (χ3v) is 4.84. The predicted molar refractivity (Wildman–Crippen MR) is 74.0 cm³/mol. The fourth-order valence-electron chi connectivity index (χ4n) is 3.53. The van der Waals surface area contributed by atoms with Crippen molar-refractivity contribution in [3.63, 3.8) is 0 Å². The Morgan fingerprint density at radius 1 is 1.50 bits per heavy atom. The molecule has 5 heteroatoms. The zero-order valence-corrected chi connectivity index (χ0v) is 11.9. The van der Waals surface area contributed by atoms with E-state index in [-0.39, 0.29) is 17.2 Å². The Kier molecular flexibility index (Phi) is 3.81. The van der Waals surface area contributed by atoms with Crippen LogP contribution in [0.1, 0.15) is 18.4 Å². The summed E-state index contributed by atoms with van der Waals surface area (Å²) in [4.78, 5) is 14.4. The first-order valence-electron chi connectivity index (χ1n) is 7.24. The molecule has 3 rings (SSSR count). The molecule has 2 aliphatic rings. The molecule has 2 fully saturated rings. The standard InChI is InChI=1S/C15H22N2O3/c1-19-10-13-14(18)16-11-15(13)3-5-17(6-4-15)8-12-2-7-20-9-12/h2,7,9,13H,3-6,8,10-11H2,1H3,(H,16,18). The van der Waals surface area contributed by atoms with Gasteiger partial charge in [0.25, 0.3) is 0 Å². The Morgan fingerprint density at radius 2 is 2.30 bits per heavy atom. The average Bonchev–Trinajstić information content (AvgIpc) is 3.06. The fourth-order valence-corrected chi connectivity index (χ4v) is 3.53. The maximum atomic E-state index is 12.0. The molecule has 0 bridgehead atoms. The SMILES string of the molecule is COCC1C(=O)NCC12CCN(Cc1ccoc1)CC2. The average molecular weight is 278 g/mol. The normalized spacial score (nSPS) is 26.1. The van der Waals surface area contributed by atoms with Gasteiger partial charge in [0.1, 0.15) is 0 Å². The summed E-state index contributed by atoms with van der Waals surface area (Å²) in [7, 11) is 1.67. The molecule has 0 saturated carbocycles. The van der Waals surface area contributed by atoms with Crippen molar-refractivity contribution in [1.29, 1.82) is 0 Å². The molecule has 1 N–H and O–H groups in total. The summed E-state index contributed by atoms with van der Waals surface area (Å²) in [5, 5.41) is 3.02. The first kappa shape index (κ1) is 13.6. The third-order valence-electron chi connectivity index (χ3n) is 4.84. The molecule has 1 spiro atoms. The first-order valence-corrected chi connectivity index (χ1v) is 7.24. The zero-order chi connectivity index (χ0) is 14.0. The maximum Gasteiger partial charge on any atom is 0.226 e. The van der Waals surface area contributed by atoms with Crippen LogP contribution in [0.15, 0.2) is 23.0 Å². The minimum absolute atomic E-state index is 0.0172. The molecule has 110 valence electrons. The molecule has 5 nitrogen and oxygen atoms in total. The van der Waals surface area contributed by atoms with E-state index in [1.807, 2.05) is 6.07 Å². The second kappa shape index (κ2) is 5.58. The Balaban J connectivity index is 1.61. The Labute approximate surface area is 119 Å². The number of amides is 1. The number of carbonyl (C=O) groups excluding carboxylic acids is 1. The van der Waals surface area contributed by atoms with Crippen molar-refractivity contribution in [1.82, 2.24) is 10.2 Å². The molecule has 1 atom stereocenters. The topological polar surface area (TPSA) is 54.7 Å². The quantitative estimate of drug-likeness (QED) is 0.900. The molecule has 1 aromatic rings. The summed E-state index contributed by atoms with van der Waals surface area (Å²) in [5.74, 6) is 0.179. The number of hydrogen-bond donors (Lipinski definition) is 1. The van der Waals surface area contributed by atoms with Gasteiger partial charge in [0.05, 0.1) is 25.1 Å². The van der Waals surface area contributed by atoms with Crippen LogP contribution in [0.25, 0.3) is 0 Å². The van der Waals surface area contributed by atoms with Crippen molar-refractivity contribution in [2.75, 3.05) is 33.4 Å². The van der Waals surface area contributed by atoms with Gasteiger partial charge in [0, 0.05) is 31.2 Å². The van der Waals surface area contributed by atoms with Crippen molar-refractivity contribution in [3.05, 3.63) is 24.2 Å². The molecule has 1 amide bonds. The maximum absolute atomic E-state index is 12.0. The van der Waals surface area contributed by atoms with E-state index >= 15 is 0 Å². The molecular formula is C15H22N2O3. The van der Waals surface area contributed by atoms with E-state index < -0.39 is 0 Å². The smallest absolute Gasteiger partial charge is 0.226 e. The van der Waals surface area contributed by atoms with E-state index in [9.17, 15) is 4.79 Å². The van der Waals surface area contributed by atoms with Crippen LogP contribution in [0, 0.1) is 11.3 Å². The monoisotopic (exact) mass is 278 g/mol. The predicted octanol–water partition coefficient (Wildman–Crippen LogP) is 1.25. The highest BCUT2D eigenvalue weighted by molar-refractivity contribution is 5.82. The summed E-state index contributed by atoms with van der Waals surface area (Å²) in [5.41, 5.74) is 1.31. The highest BCUT2D eigenvalue weighted by atomic mass is 16.5. The Bertz CT molecular complexity index is 450. The lowest BCUT2D eigenvalue weighted by molar-refractivity contribution is -0.126. The zero-order valence-electron chi connectivity index (χ0n) is 11.9. The number of hydrogen-bond acceptors (Lipinski definition) is 4. The van der Waals surface area contributed by atoms with Gasteiger partial charge in [-0.2, -0.15) is 0 Å². The number of likely N-dealkylation sites (tertiary alicyclic amines) is 1. The summed E-state index contributed by atoms with van der Waals surface area (Å²) in [6.45, 7) is 4.33. The van der Waals surface area contributed by atoms with Crippen molar-refractivity contribution < 1.29 is 13.9 Å². The highest BCUT2D eigenvalue weighted by Gasteiger charge is 2.49. The first-order chi connectivity index (χ1) is 9.73. The minimum atomic E-state index is 0.0172. The number of rotatable bonds is 4. The third kappa shape index (κ3) is 2.47. The van der Waals surface area contributed by atoms with Gasteiger partial charge in [-0.15, -0.1) is 0 Å². The number of carbonyl (C=O) groups is 1. The molecule has 2 aliphatic heterocycles. The van der Waals surface area contributed by atoms with Gasteiger partial charge in [-0.05, 0) is 32.0 Å². The second-order valence-corrected chi connectivity index (χ2v) is 6.00. The molecule has 0 aliphatic carbocycles. The van der Waals surface area contributed by atoms with E-state index in [0.29, 0.717) is 6.61 Å². The van der Waals surface area contributed by atoms with Gasteiger partial charge >= 0.3 is 0 Å². The second-order valence-electron chi connectivity index (χ2n) is 6.00. The lowest BCUT2D eigenvalue weighted by atomic mass is 9.71. The number of methoxy groups -OCH3 is 1. The highest BCUT2D eigenvalue weighted by Crippen LogP contribution is 2.42. The summed E-state index contributed by atoms with van der Waals surface area (Å²) in [6.07, 6.45) is 5.63. The molecule has 20 heavy (non-hydrogen) atoms. The van der Waals surface area contributed by atoms with E-state index in [1.165, 1.54) is 5.56 Å². The van der Waals surface area contributed by atoms with Gasteiger partial charge in [0.15, 0.2) is 0 Å². The van der Waals surface area contributed by atoms with Crippen molar-refractivity contribution in [3.8, 4) is 0 Å². The minimum Gasteiger partial charge on any atom is -0.472 e. The van der Waals surface area contributed by atoms with Crippen LogP contribution in [-0.2, 0) is 16.1 Å². The largest absolute Gasteiger partial charge is 0.472 e. The van der Waals surface area contributed by atoms with E-state index in [1.54, 1.807) is 19.6 Å². The van der Waals surface area contributed by atoms with Crippen LogP contribution in [0.2, 0.25) is 0 Å². The van der Waals surface area contributed by atoms with Crippen LogP contribution in [0.5, 0.6) is 0 Å². The van der Waals surface area contributed by atoms with Crippen LogP contribution in [-0.4, -0.2) is 44.2 Å². The van der Waals surface area contributed by atoms with Crippen molar-refractivity contribution in [2.45, 2.75) is 19.4 Å². The van der Waals surface area contributed by atoms with E-state index in [2.05, 4.69) is 10.2 Å². The fraction of sp³-hybridized carbons (Fsp3) is 0.667. The van der Waals surface area contributed by atoms with Gasteiger partial charge in [0.2, 0.25) is 5.91 Å². The van der Waals surface area contributed by atoms with Gasteiger partial charge in [-0.25, -0.2) is 0 Å². The Morgan fingerprint density at radius 3 is 2.95 bits per heavy atom. The molecular weight excluding hydrogens is 256 g/mol. The lowest BCUT2D eigenvalue weighted by Crippen LogP contribution is -2.45. The van der Waals surface area contributed by atoms with Crippen LogP contribution in [0.3, 0.4) is 0 Å².